The zero-order valence-electron chi connectivity index (χ0n) is 28.0. The number of nitrogens with one attached hydrogen (secondary N) is 1. The molecule has 1 nitrogen and oxygen atoms in total. The Balaban J connectivity index is 1.51. The third kappa shape index (κ3) is 13.6. The molecule has 0 radical (unpaired) electrons. The van der Waals surface area contributed by atoms with Crippen LogP contribution in [-0.2, 0) is 0 Å². The van der Waals surface area contributed by atoms with E-state index >= 15 is 0 Å². The van der Waals surface area contributed by atoms with Crippen molar-refractivity contribution in [1.82, 2.24) is 5.32 Å². The normalized spacial score (nSPS) is 32.3. The van der Waals surface area contributed by atoms with Gasteiger partial charge in [0.05, 0.1) is 0 Å². The Morgan fingerprint density at radius 1 is 0.220 bits per heavy atom. The molecule has 3 saturated carbocycles. The van der Waals surface area contributed by atoms with Crippen LogP contribution in [0.4, 0.5) is 0 Å². The lowest BCUT2D eigenvalue weighted by Gasteiger charge is -2.38. The molecule has 41 heavy (non-hydrogen) atoms. The summed E-state index contributed by atoms with van der Waals surface area (Å²) in [4.78, 5) is 0. The molecule has 2 atom stereocenters. The van der Waals surface area contributed by atoms with Gasteiger partial charge in [-0.3, -0.25) is 0 Å². The van der Waals surface area contributed by atoms with Crippen molar-refractivity contribution >= 4 is 0 Å². The topological polar surface area (TPSA) is 12.0 Å². The molecular formula is C40H75N. The summed E-state index contributed by atoms with van der Waals surface area (Å²) in [5, 5.41) is 3.82. The summed E-state index contributed by atoms with van der Waals surface area (Å²) >= 11 is 0. The summed E-state index contributed by atoms with van der Waals surface area (Å²) in [6, 6.07) is 0. The van der Waals surface area contributed by atoms with E-state index in [1.807, 2.05) is 0 Å². The smallest absolute Gasteiger partial charge is 0.00489 e. The van der Waals surface area contributed by atoms with Gasteiger partial charge in [0.2, 0.25) is 0 Å². The van der Waals surface area contributed by atoms with Crippen LogP contribution in [0.5, 0.6) is 0 Å². The first-order valence-corrected chi connectivity index (χ1v) is 20.1. The van der Waals surface area contributed by atoms with Gasteiger partial charge < -0.3 is 5.32 Å². The van der Waals surface area contributed by atoms with Gasteiger partial charge in [-0.15, -0.1) is 0 Å². The molecule has 0 amide bonds. The number of rotatable bonds is 3. The maximum Gasteiger partial charge on any atom is -0.00489 e. The molecule has 1 saturated heterocycles. The molecule has 1 N–H and O–H groups in total. The highest BCUT2D eigenvalue weighted by molar-refractivity contribution is 4.85. The Hall–Kier alpha value is -0.0400. The van der Waals surface area contributed by atoms with Gasteiger partial charge >= 0.3 is 0 Å². The zero-order valence-corrected chi connectivity index (χ0v) is 28.0. The Kier molecular flexibility index (Phi) is 17.9. The highest BCUT2D eigenvalue weighted by atomic mass is 14.8. The van der Waals surface area contributed by atoms with Crippen LogP contribution in [0, 0.1) is 35.5 Å². The SMILES string of the molecule is C1CCCCC(C2CCCCCNCCCCCC(C3CCCCCCCCC3)CC(C3CCCC3)C2)CCCC1. The molecule has 0 aromatic rings. The standard InChI is InChI=1S/C40H75N/c1-3-7-13-23-35(24-14-8-4-1)38-29-17-11-21-31-41-32-22-12-18-30-39(34-40(33-38)37-27-19-20-28-37)36-25-15-9-5-2-6-10-16-26-36/h35-41H,1-34H2. The van der Waals surface area contributed by atoms with Crippen molar-refractivity contribution in [3.8, 4) is 0 Å². The summed E-state index contributed by atoms with van der Waals surface area (Å²) < 4.78 is 0. The van der Waals surface area contributed by atoms with Crippen LogP contribution in [0.3, 0.4) is 0 Å². The van der Waals surface area contributed by atoms with Gasteiger partial charge in [-0.05, 0) is 74.3 Å². The molecule has 4 rings (SSSR count). The molecule has 3 aliphatic carbocycles. The molecule has 2 unspecified atom stereocenters. The second kappa shape index (κ2) is 21.6. The minimum atomic E-state index is 1.03. The molecular weight excluding hydrogens is 494 g/mol. The molecule has 1 heteroatoms. The van der Waals surface area contributed by atoms with E-state index in [-0.39, 0.29) is 0 Å². The average Bonchev–Trinajstić information content (AvgIpc) is 3.54. The fourth-order valence-electron chi connectivity index (χ4n) is 10.2. The summed E-state index contributed by atoms with van der Waals surface area (Å²) in [6.07, 6.45) is 48.9. The second-order valence-corrected chi connectivity index (χ2v) is 15.9. The molecule has 4 fully saturated rings. The van der Waals surface area contributed by atoms with Crippen LogP contribution >= 0.6 is 0 Å². The van der Waals surface area contributed by atoms with Crippen LogP contribution in [0.15, 0.2) is 0 Å². The summed E-state index contributed by atoms with van der Waals surface area (Å²) in [5.74, 6) is 6.27. The predicted molar refractivity (Wildman–Crippen MR) is 182 cm³/mol. The number of hydrogen-bond acceptors (Lipinski definition) is 1. The molecule has 0 bridgehead atoms. The first-order valence-electron chi connectivity index (χ1n) is 20.1. The summed E-state index contributed by atoms with van der Waals surface area (Å²) in [7, 11) is 0. The van der Waals surface area contributed by atoms with Gasteiger partial charge in [0, 0.05) is 0 Å². The quantitative estimate of drug-likeness (QED) is 0.356. The Bertz CT molecular complexity index is 544. The summed E-state index contributed by atoms with van der Waals surface area (Å²) in [5.41, 5.74) is 0. The third-order valence-electron chi connectivity index (χ3n) is 12.8. The van der Waals surface area contributed by atoms with E-state index in [1.54, 1.807) is 64.2 Å². The van der Waals surface area contributed by atoms with Gasteiger partial charge in [-0.25, -0.2) is 0 Å². The minimum absolute atomic E-state index is 1.03. The van der Waals surface area contributed by atoms with E-state index in [0.717, 1.165) is 35.5 Å². The Morgan fingerprint density at radius 3 is 0.829 bits per heavy atom. The predicted octanol–water partition coefficient (Wildman–Crippen LogP) is 12.8. The lowest BCUT2D eigenvalue weighted by Crippen LogP contribution is -2.27. The van der Waals surface area contributed by atoms with E-state index < -0.39 is 0 Å². The summed E-state index contributed by atoms with van der Waals surface area (Å²) in [6.45, 7) is 2.53. The van der Waals surface area contributed by atoms with Crippen molar-refractivity contribution in [2.75, 3.05) is 13.1 Å². The van der Waals surface area contributed by atoms with Crippen molar-refractivity contribution in [2.24, 2.45) is 35.5 Å². The molecule has 0 aromatic heterocycles. The van der Waals surface area contributed by atoms with E-state index in [1.165, 1.54) is 154 Å². The number of hydrogen-bond donors (Lipinski definition) is 1. The lowest BCUT2D eigenvalue weighted by molar-refractivity contribution is 0.132. The van der Waals surface area contributed by atoms with Crippen LogP contribution in [0.2, 0.25) is 0 Å². The third-order valence-corrected chi connectivity index (χ3v) is 12.8. The zero-order chi connectivity index (χ0) is 28.2. The second-order valence-electron chi connectivity index (χ2n) is 15.9. The molecule has 1 heterocycles. The van der Waals surface area contributed by atoms with Crippen molar-refractivity contribution in [1.29, 1.82) is 0 Å². The first kappa shape index (κ1) is 33.8. The van der Waals surface area contributed by atoms with E-state index in [2.05, 4.69) is 5.32 Å². The molecule has 0 aromatic carbocycles. The minimum Gasteiger partial charge on any atom is -0.317 e. The van der Waals surface area contributed by atoms with Crippen LogP contribution in [0.1, 0.15) is 205 Å². The first-order chi connectivity index (χ1) is 20.4. The molecule has 1 aliphatic heterocycles. The van der Waals surface area contributed by atoms with E-state index in [4.69, 9.17) is 0 Å². The lowest BCUT2D eigenvalue weighted by atomic mass is 9.68. The maximum atomic E-state index is 3.82. The van der Waals surface area contributed by atoms with Crippen molar-refractivity contribution in [2.45, 2.75) is 205 Å². The Morgan fingerprint density at radius 2 is 0.463 bits per heavy atom. The Labute approximate surface area is 258 Å². The molecule has 240 valence electrons. The fraction of sp³-hybridized carbons (Fsp3) is 1.00. The highest BCUT2D eigenvalue weighted by Crippen LogP contribution is 2.45. The van der Waals surface area contributed by atoms with Gasteiger partial charge in [-0.1, -0.05) is 180 Å². The fourth-order valence-corrected chi connectivity index (χ4v) is 10.2. The van der Waals surface area contributed by atoms with E-state index in [0.29, 0.717) is 0 Å². The van der Waals surface area contributed by atoms with Crippen molar-refractivity contribution in [3.63, 3.8) is 0 Å². The monoisotopic (exact) mass is 570 g/mol. The van der Waals surface area contributed by atoms with Gasteiger partial charge in [0.25, 0.3) is 0 Å². The van der Waals surface area contributed by atoms with Gasteiger partial charge in [-0.2, -0.15) is 0 Å². The molecule has 4 aliphatic rings. The van der Waals surface area contributed by atoms with Crippen LogP contribution < -0.4 is 5.32 Å². The van der Waals surface area contributed by atoms with E-state index in [9.17, 15) is 0 Å². The van der Waals surface area contributed by atoms with Gasteiger partial charge in [0.1, 0.15) is 0 Å². The largest absolute Gasteiger partial charge is 0.317 e. The average molecular weight is 570 g/mol. The van der Waals surface area contributed by atoms with Crippen LogP contribution in [-0.4, -0.2) is 13.1 Å². The van der Waals surface area contributed by atoms with Crippen molar-refractivity contribution < 1.29 is 0 Å². The molecule has 0 spiro atoms. The van der Waals surface area contributed by atoms with Crippen molar-refractivity contribution in [3.05, 3.63) is 0 Å². The highest BCUT2D eigenvalue weighted by Gasteiger charge is 2.34. The van der Waals surface area contributed by atoms with Gasteiger partial charge in [0.15, 0.2) is 0 Å². The van der Waals surface area contributed by atoms with Crippen LogP contribution in [0.25, 0.3) is 0 Å². The maximum absolute atomic E-state index is 3.82.